The highest BCUT2D eigenvalue weighted by Crippen LogP contribution is 2.35. The summed E-state index contributed by atoms with van der Waals surface area (Å²) in [5, 5.41) is 21.5. The first kappa shape index (κ1) is 17.9. The van der Waals surface area contributed by atoms with Gasteiger partial charge in [0.2, 0.25) is 0 Å². The lowest BCUT2D eigenvalue weighted by atomic mass is 10.0. The van der Waals surface area contributed by atoms with E-state index in [0.717, 1.165) is 5.56 Å². The number of ether oxygens (including phenoxy) is 1. The number of phenols is 1. The van der Waals surface area contributed by atoms with E-state index in [0.29, 0.717) is 23.0 Å². The standard InChI is InChI=1S/C22H19NO5/c1-12-5-3-6-14(13(12)2)9-23-10-15(19-17(23)7-4-8-18(19)24)20(25)16-11-28-22(27)21(16)26/h3-8,10,24-25H,9,11H2,1-2H3/b20-16-. The van der Waals surface area contributed by atoms with Crippen LogP contribution in [0.4, 0.5) is 0 Å². The third kappa shape index (κ3) is 2.74. The van der Waals surface area contributed by atoms with Crippen molar-refractivity contribution in [1.82, 2.24) is 4.57 Å². The third-order valence-corrected chi connectivity index (χ3v) is 5.29. The monoisotopic (exact) mass is 377 g/mol. The average Bonchev–Trinajstić information content (AvgIpc) is 3.20. The zero-order chi connectivity index (χ0) is 20.0. The molecule has 2 N–H and O–H groups in total. The van der Waals surface area contributed by atoms with Crippen molar-refractivity contribution in [2.24, 2.45) is 0 Å². The fourth-order valence-corrected chi connectivity index (χ4v) is 3.54. The lowest BCUT2D eigenvalue weighted by Crippen LogP contribution is -2.08. The van der Waals surface area contributed by atoms with E-state index in [1.807, 2.05) is 42.7 Å². The first-order valence-corrected chi connectivity index (χ1v) is 8.88. The summed E-state index contributed by atoms with van der Waals surface area (Å²) in [6.45, 7) is 4.34. The van der Waals surface area contributed by atoms with Crippen LogP contribution in [0, 0.1) is 13.8 Å². The van der Waals surface area contributed by atoms with Gasteiger partial charge >= 0.3 is 5.97 Å². The van der Waals surface area contributed by atoms with Crippen molar-refractivity contribution in [1.29, 1.82) is 0 Å². The number of phenolic OH excluding ortho intramolecular Hbond substituents is 1. The lowest BCUT2D eigenvalue weighted by molar-refractivity contribution is -0.146. The molecule has 1 aromatic heterocycles. The number of aliphatic hydroxyl groups is 1. The van der Waals surface area contributed by atoms with Gasteiger partial charge < -0.3 is 19.5 Å². The van der Waals surface area contributed by atoms with Gasteiger partial charge in [-0.3, -0.25) is 4.79 Å². The van der Waals surface area contributed by atoms with E-state index in [2.05, 4.69) is 0 Å². The Balaban J connectivity index is 1.90. The molecule has 4 rings (SSSR count). The number of aryl methyl sites for hydroxylation is 1. The number of hydrogen-bond donors (Lipinski definition) is 2. The smallest absolute Gasteiger partial charge is 0.379 e. The number of esters is 1. The average molecular weight is 377 g/mol. The Kier molecular flexibility index (Phi) is 4.19. The topological polar surface area (TPSA) is 88.8 Å². The van der Waals surface area contributed by atoms with Crippen LogP contribution >= 0.6 is 0 Å². The van der Waals surface area contributed by atoms with Gasteiger partial charge in [0.25, 0.3) is 5.78 Å². The number of aromatic nitrogens is 1. The van der Waals surface area contributed by atoms with Gasteiger partial charge in [0.05, 0.1) is 16.5 Å². The van der Waals surface area contributed by atoms with Crippen molar-refractivity contribution in [3.63, 3.8) is 0 Å². The molecule has 6 heteroatoms. The van der Waals surface area contributed by atoms with Crippen LogP contribution in [0.1, 0.15) is 22.3 Å². The van der Waals surface area contributed by atoms with Crippen LogP contribution in [0.15, 0.2) is 48.2 Å². The Morgan fingerprint density at radius 3 is 2.61 bits per heavy atom. The predicted octanol–water partition coefficient (Wildman–Crippen LogP) is 3.41. The van der Waals surface area contributed by atoms with Crippen molar-refractivity contribution in [2.45, 2.75) is 20.4 Å². The van der Waals surface area contributed by atoms with Gasteiger partial charge in [0.1, 0.15) is 18.1 Å². The van der Waals surface area contributed by atoms with Crippen LogP contribution in [-0.4, -0.2) is 33.1 Å². The number of aliphatic hydroxyl groups excluding tert-OH is 1. The van der Waals surface area contributed by atoms with Crippen LogP contribution in [0.5, 0.6) is 5.75 Å². The van der Waals surface area contributed by atoms with Crippen molar-refractivity contribution in [3.8, 4) is 5.75 Å². The number of carbonyl (C=O) groups is 2. The molecule has 142 valence electrons. The highest BCUT2D eigenvalue weighted by molar-refractivity contribution is 6.43. The number of cyclic esters (lactones) is 1. The molecule has 6 nitrogen and oxygen atoms in total. The number of fused-ring (bicyclic) bond motifs is 1. The minimum atomic E-state index is -0.982. The van der Waals surface area contributed by atoms with Crippen molar-refractivity contribution < 1.29 is 24.5 Å². The van der Waals surface area contributed by atoms with Crippen LogP contribution in [-0.2, 0) is 20.9 Å². The largest absolute Gasteiger partial charge is 0.507 e. The number of Topliss-reactive ketones (excluding diaryl/α,β-unsaturated/α-hetero) is 1. The second-order valence-corrected chi connectivity index (χ2v) is 6.93. The van der Waals surface area contributed by atoms with Crippen LogP contribution in [0.3, 0.4) is 0 Å². The zero-order valence-electron chi connectivity index (χ0n) is 15.5. The summed E-state index contributed by atoms with van der Waals surface area (Å²) in [5.41, 5.74) is 4.35. The molecule has 0 atom stereocenters. The molecule has 3 aromatic rings. The van der Waals surface area contributed by atoms with Gasteiger partial charge in [0.15, 0.2) is 0 Å². The van der Waals surface area contributed by atoms with E-state index in [4.69, 9.17) is 4.74 Å². The fourth-order valence-electron chi connectivity index (χ4n) is 3.54. The number of ketones is 1. The molecule has 1 aliphatic rings. The van der Waals surface area contributed by atoms with Crippen LogP contribution in [0.25, 0.3) is 16.7 Å². The Morgan fingerprint density at radius 1 is 1.14 bits per heavy atom. The first-order valence-electron chi connectivity index (χ1n) is 8.88. The summed E-state index contributed by atoms with van der Waals surface area (Å²) in [4.78, 5) is 23.4. The summed E-state index contributed by atoms with van der Waals surface area (Å²) in [5.74, 6) is -2.20. The van der Waals surface area contributed by atoms with E-state index < -0.39 is 11.8 Å². The molecule has 2 aromatic carbocycles. The normalized spacial score (nSPS) is 15.9. The van der Waals surface area contributed by atoms with Gasteiger partial charge in [-0.2, -0.15) is 0 Å². The highest BCUT2D eigenvalue weighted by atomic mass is 16.5. The second kappa shape index (κ2) is 6.56. The number of rotatable bonds is 3. The Hall–Kier alpha value is -3.54. The van der Waals surface area contributed by atoms with E-state index in [-0.39, 0.29) is 23.7 Å². The zero-order valence-corrected chi connectivity index (χ0v) is 15.5. The maximum atomic E-state index is 12.0. The summed E-state index contributed by atoms with van der Waals surface area (Å²) in [6.07, 6.45) is 1.69. The molecule has 0 aliphatic carbocycles. The van der Waals surface area contributed by atoms with Crippen LogP contribution in [0.2, 0.25) is 0 Å². The highest BCUT2D eigenvalue weighted by Gasteiger charge is 2.33. The third-order valence-electron chi connectivity index (χ3n) is 5.29. The summed E-state index contributed by atoms with van der Waals surface area (Å²) < 4.78 is 6.63. The fraction of sp³-hybridized carbons (Fsp3) is 0.182. The minimum Gasteiger partial charge on any atom is -0.507 e. The molecule has 1 fully saturated rings. The SMILES string of the molecule is Cc1cccc(Cn2cc(/C(O)=C3\COC(=O)C3=O)c3c(O)cccc32)c1C. The van der Waals surface area contributed by atoms with E-state index in [9.17, 15) is 19.8 Å². The van der Waals surface area contributed by atoms with E-state index in [1.54, 1.807) is 12.3 Å². The van der Waals surface area contributed by atoms with Gasteiger partial charge in [-0.15, -0.1) is 0 Å². The number of benzene rings is 2. The van der Waals surface area contributed by atoms with E-state index in [1.165, 1.54) is 17.2 Å². The van der Waals surface area contributed by atoms with Crippen molar-refractivity contribution in [3.05, 3.63) is 70.4 Å². The summed E-state index contributed by atoms with van der Waals surface area (Å²) >= 11 is 0. The maximum Gasteiger partial charge on any atom is 0.379 e. The quantitative estimate of drug-likeness (QED) is 0.316. The van der Waals surface area contributed by atoms with Gasteiger partial charge in [-0.1, -0.05) is 24.3 Å². The number of hydrogen-bond acceptors (Lipinski definition) is 5. The summed E-state index contributed by atoms with van der Waals surface area (Å²) in [7, 11) is 0. The molecule has 0 spiro atoms. The van der Waals surface area contributed by atoms with E-state index >= 15 is 0 Å². The Bertz CT molecular complexity index is 1170. The van der Waals surface area contributed by atoms with Crippen molar-refractivity contribution >= 4 is 28.4 Å². The molecule has 1 aliphatic heterocycles. The second-order valence-electron chi connectivity index (χ2n) is 6.93. The minimum absolute atomic E-state index is 0.0166. The maximum absolute atomic E-state index is 12.0. The molecule has 0 bridgehead atoms. The molecule has 0 amide bonds. The molecule has 0 saturated carbocycles. The molecule has 1 saturated heterocycles. The predicted molar refractivity (Wildman–Crippen MR) is 104 cm³/mol. The Labute approximate surface area is 161 Å². The molecule has 0 unspecified atom stereocenters. The van der Waals surface area contributed by atoms with Crippen molar-refractivity contribution in [2.75, 3.05) is 6.61 Å². The first-order chi connectivity index (χ1) is 13.4. The molecular formula is C22H19NO5. The number of carbonyl (C=O) groups excluding carboxylic acids is 2. The van der Waals surface area contributed by atoms with Gasteiger partial charge in [0, 0.05) is 18.3 Å². The molecular weight excluding hydrogens is 358 g/mol. The van der Waals surface area contributed by atoms with Crippen LogP contribution < -0.4 is 0 Å². The number of nitrogens with zero attached hydrogens (tertiary/aromatic N) is 1. The number of aromatic hydroxyl groups is 1. The van der Waals surface area contributed by atoms with Gasteiger partial charge in [-0.05, 0) is 42.7 Å². The molecule has 0 radical (unpaired) electrons. The lowest BCUT2D eigenvalue weighted by Gasteiger charge is -2.10. The van der Waals surface area contributed by atoms with Gasteiger partial charge in [-0.25, -0.2) is 4.79 Å². The molecule has 28 heavy (non-hydrogen) atoms. The molecule has 2 heterocycles. The Morgan fingerprint density at radius 2 is 1.89 bits per heavy atom. The summed E-state index contributed by atoms with van der Waals surface area (Å²) in [6, 6.07) is 11.1.